The van der Waals surface area contributed by atoms with Gasteiger partial charge >= 0.3 is 0 Å². The van der Waals surface area contributed by atoms with E-state index in [9.17, 15) is 4.79 Å². The van der Waals surface area contributed by atoms with Gasteiger partial charge in [-0.1, -0.05) is 54.1 Å². The van der Waals surface area contributed by atoms with Crippen molar-refractivity contribution in [2.24, 2.45) is 5.92 Å². The predicted molar refractivity (Wildman–Crippen MR) is 90.2 cm³/mol. The number of benzene rings is 2. The summed E-state index contributed by atoms with van der Waals surface area (Å²) in [5, 5.41) is 0.784. The lowest BCUT2D eigenvalue weighted by Gasteiger charge is -2.31. The summed E-state index contributed by atoms with van der Waals surface area (Å²) in [6.07, 6.45) is 1.88. The lowest BCUT2D eigenvalue weighted by molar-refractivity contribution is 0.0835. The van der Waals surface area contributed by atoms with E-state index in [1.807, 2.05) is 48.5 Å². The minimum absolute atomic E-state index is 0.165. The first-order valence-corrected chi connectivity index (χ1v) is 8.16. The minimum Gasteiger partial charge on any atom is -0.299 e. The Balaban J connectivity index is 1.55. The van der Waals surface area contributed by atoms with Crippen molar-refractivity contribution in [1.82, 2.24) is 4.90 Å². The maximum atomic E-state index is 12.5. The first kappa shape index (κ1) is 15.3. The number of hydrogen-bond acceptors (Lipinski definition) is 2. The van der Waals surface area contributed by atoms with Crippen LogP contribution in [0.3, 0.4) is 0 Å². The van der Waals surface area contributed by atoms with Gasteiger partial charge in [0.05, 0.1) is 0 Å². The summed E-state index contributed by atoms with van der Waals surface area (Å²) in [7, 11) is 0. The first-order chi connectivity index (χ1) is 10.7. The van der Waals surface area contributed by atoms with Crippen LogP contribution in [0.1, 0.15) is 28.8 Å². The zero-order valence-corrected chi connectivity index (χ0v) is 13.3. The molecular formula is C19H20ClNO. The van der Waals surface area contributed by atoms with E-state index in [2.05, 4.69) is 11.0 Å². The summed E-state index contributed by atoms with van der Waals surface area (Å²) in [5.41, 5.74) is 2.08. The van der Waals surface area contributed by atoms with E-state index >= 15 is 0 Å². The van der Waals surface area contributed by atoms with Crippen molar-refractivity contribution in [1.29, 1.82) is 0 Å². The lowest BCUT2D eigenvalue weighted by Crippen LogP contribution is -2.35. The quantitative estimate of drug-likeness (QED) is 0.778. The van der Waals surface area contributed by atoms with Crippen LogP contribution in [0.25, 0.3) is 0 Å². The number of ketones is 1. The summed E-state index contributed by atoms with van der Waals surface area (Å²) in [6.45, 7) is 2.85. The van der Waals surface area contributed by atoms with Crippen molar-refractivity contribution in [3.05, 3.63) is 70.7 Å². The number of nitrogens with zero attached hydrogens (tertiary/aromatic N) is 1. The standard InChI is InChI=1S/C19H20ClNO/c20-18-8-4-5-15(13-18)14-21-11-9-17(10-12-21)19(22)16-6-2-1-3-7-16/h1-8,13,17H,9-12,14H2. The SMILES string of the molecule is O=C(c1ccccc1)C1CCN(Cc2cccc(Cl)c2)CC1. The second-order valence-corrected chi connectivity index (χ2v) is 6.35. The van der Waals surface area contributed by atoms with E-state index in [-0.39, 0.29) is 5.92 Å². The van der Waals surface area contributed by atoms with Crippen LogP contribution in [0.4, 0.5) is 0 Å². The smallest absolute Gasteiger partial charge is 0.166 e. The molecule has 1 aliphatic rings. The van der Waals surface area contributed by atoms with Crippen LogP contribution in [-0.2, 0) is 6.54 Å². The maximum absolute atomic E-state index is 12.5. The molecule has 0 aliphatic carbocycles. The fourth-order valence-electron chi connectivity index (χ4n) is 3.08. The molecule has 3 heteroatoms. The summed E-state index contributed by atoms with van der Waals surface area (Å²) in [4.78, 5) is 14.9. The molecule has 1 heterocycles. The molecule has 0 saturated carbocycles. The van der Waals surface area contributed by atoms with Gasteiger partial charge in [-0.25, -0.2) is 0 Å². The highest BCUT2D eigenvalue weighted by Gasteiger charge is 2.25. The Hall–Kier alpha value is -1.64. The first-order valence-electron chi connectivity index (χ1n) is 7.78. The molecule has 2 nitrogen and oxygen atoms in total. The molecule has 2 aromatic rings. The van der Waals surface area contributed by atoms with Crippen molar-refractivity contribution >= 4 is 17.4 Å². The molecule has 0 unspecified atom stereocenters. The number of likely N-dealkylation sites (tertiary alicyclic amines) is 1. The third-order valence-corrected chi connectivity index (χ3v) is 4.55. The molecule has 0 atom stereocenters. The number of carbonyl (C=O) groups is 1. The highest BCUT2D eigenvalue weighted by Crippen LogP contribution is 2.23. The van der Waals surface area contributed by atoms with Gasteiger partial charge in [-0.3, -0.25) is 9.69 Å². The Morgan fingerprint density at radius 2 is 1.77 bits per heavy atom. The average molecular weight is 314 g/mol. The molecule has 1 aliphatic heterocycles. The van der Waals surface area contributed by atoms with Gasteiger partial charge in [0.15, 0.2) is 5.78 Å². The Bertz CT molecular complexity index is 633. The molecule has 0 amide bonds. The monoisotopic (exact) mass is 313 g/mol. The average Bonchev–Trinajstić information content (AvgIpc) is 2.56. The highest BCUT2D eigenvalue weighted by atomic mass is 35.5. The zero-order valence-electron chi connectivity index (χ0n) is 12.5. The van der Waals surface area contributed by atoms with Crippen molar-refractivity contribution in [2.45, 2.75) is 19.4 Å². The van der Waals surface area contributed by atoms with Gasteiger partial charge in [-0.05, 0) is 43.6 Å². The predicted octanol–water partition coefficient (Wildman–Crippen LogP) is 4.43. The van der Waals surface area contributed by atoms with Crippen LogP contribution in [-0.4, -0.2) is 23.8 Å². The Kier molecular flexibility index (Phi) is 4.91. The summed E-state index contributed by atoms with van der Waals surface area (Å²) in [6, 6.07) is 17.7. The van der Waals surface area contributed by atoms with Gasteiger partial charge in [-0.2, -0.15) is 0 Å². The molecule has 2 aromatic carbocycles. The van der Waals surface area contributed by atoms with Crippen LogP contribution in [0, 0.1) is 5.92 Å². The van der Waals surface area contributed by atoms with E-state index in [1.165, 1.54) is 5.56 Å². The van der Waals surface area contributed by atoms with Gasteiger partial charge < -0.3 is 0 Å². The summed E-state index contributed by atoms with van der Waals surface area (Å²) in [5.74, 6) is 0.459. The van der Waals surface area contributed by atoms with Gasteiger partial charge in [0.25, 0.3) is 0 Å². The van der Waals surface area contributed by atoms with Gasteiger partial charge in [0.1, 0.15) is 0 Å². The molecule has 0 spiro atoms. The fraction of sp³-hybridized carbons (Fsp3) is 0.316. The van der Waals surface area contributed by atoms with E-state index in [1.54, 1.807) is 0 Å². The number of piperidine rings is 1. The molecule has 0 N–H and O–H groups in total. The van der Waals surface area contributed by atoms with Crippen LogP contribution < -0.4 is 0 Å². The topological polar surface area (TPSA) is 20.3 Å². The molecular weight excluding hydrogens is 294 g/mol. The number of Topliss-reactive ketones (excluding diaryl/α,β-unsaturated/α-hetero) is 1. The fourth-order valence-corrected chi connectivity index (χ4v) is 3.30. The molecule has 114 valence electrons. The van der Waals surface area contributed by atoms with Crippen molar-refractivity contribution in [3.63, 3.8) is 0 Å². The van der Waals surface area contributed by atoms with Crippen LogP contribution >= 0.6 is 11.6 Å². The molecule has 1 saturated heterocycles. The van der Waals surface area contributed by atoms with Crippen LogP contribution in [0.15, 0.2) is 54.6 Å². The second-order valence-electron chi connectivity index (χ2n) is 5.91. The van der Waals surface area contributed by atoms with Gasteiger partial charge in [-0.15, -0.1) is 0 Å². The Labute approximate surface area is 136 Å². The third kappa shape index (κ3) is 3.76. The number of halogens is 1. The molecule has 0 bridgehead atoms. The van der Waals surface area contributed by atoms with E-state index < -0.39 is 0 Å². The van der Waals surface area contributed by atoms with Crippen molar-refractivity contribution in [2.75, 3.05) is 13.1 Å². The van der Waals surface area contributed by atoms with Crippen LogP contribution in [0.5, 0.6) is 0 Å². The summed E-state index contributed by atoms with van der Waals surface area (Å²) < 4.78 is 0. The zero-order chi connectivity index (χ0) is 15.4. The summed E-state index contributed by atoms with van der Waals surface area (Å²) >= 11 is 6.03. The molecule has 22 heavy (non-hydrogen) atoms. The van der Waals surface area contributed by atoms with E-state index in [4.69, 9.17) is 11.6 Å². The number of rotatable bonds is 4. The molecule has 0 radical (unpaired) electrons. The molecule has 3 rings (SSSR count). The van der Waals surface area contributed by atoms with E-state index in [0.717, 1.165) is 43.1 Å². The van der Waals surface area contributed by atoms with Gasteiger partial charge in [0.2, 0.25) is 0 Å². The highest BCUT2D eigenvalue weighted by molar-refractivity contribution is 6.30. The van der Waals surface area contributed by atoms with Crippen molar-refractivity contribution in [3.8, 4) is 0 Å². The largest absolute Gasteiger partial charge is 0.299 e. The van der Waals surface area contributed by atoms with Crippen molar-refractivity contribution < 1.29 is 4.79 Å². The molecule has 0 aromatic heterocycles. The Morgan fingerprint density at radius 3 is 2.45 bits per heavy atom. The minimum atomic E-state index is 0.165. The number of hydrogen-bond donors (Lipinski definition) is 0. The molecule has 1 fully saturated rings. The van der Waals surface area contributed by atoms with E-state index in [0.29, 0.717) is 5.78 Å². The normalized spacial score (nSPS) is 16.6. The number of carbonyl (C=O) groups excluding carboxylic acids is 1. The second kappa shape index (κ2) is 7.08. The maximum Gasteiger partial charge on any atom is 0.166 e. The lowest BCUT2D eigenvalue weighted by atomic mass is 9.89. The van der Waals surface area contributed by atoms with Crippen LogP contribution in [0.2, 0.25) is 5.02 Å². The Morgan fingerprint density at radius 1 is 1.05 bits per heavy atom. The van der Waals surface area contributed by atoms with Gasteiger partial charge in [0, 0.05) is 23.0 Å². The third-order valence-electron chi connectivity index (χ3n) is 4.31.